The molecule has 0 unspecified atom stereocenters. The molecule has 0 aromatic heterocycles. The van der Waals surface area contributed by atoms with Crippen molar-refractivity contribution in [1.29, 1.82) is 0 Å². The van der Waals surface area contributed by atoms with E-state index in [1.54, 1.807) is 0 Å². The fourth-order valence-electron chi connectivity index (χ4n) is 4.19. The van der Waals surface area contributed by atoms with Crippen molar-refractivity contribution < 1.29 is 19.0 Å². The Labute approximate surface area is 154 Å². The third-order valence-electron chi connectivity index (χ3n) is 5.23. The Bertz CT molecular complexity index is 658. The van der Waals surface area contributed by atoms with Gasteiger partial charge in [-0.05, 0) is 38.8 Å². The van der Waals surface area contributed by atoms with Gasteiger partial charge in [0.25, 0.3) is 0 Å². The first-order valence-corrected chi connectivity index (χ1v) is 9.43. The lowest BCUT2D eigenvalue weighted by molar-refractivity contribution is -0.0712. The van der Waals surface area contributed by atoms with Crippen LogP contribution in [0.4, 0.5) is 10.5 Å². The van der Waals surface area contributed by atoms with Crippen LogP contribution in [0.3, 0.4) is 0 Å². The minimum Gasteiger partial charge on any atom is -0.454 e. The van der Waals surface area contributed by atoms with E-state index >= 15 is 0 Å². The Morgan fingerprint density at radius 2 is 1.96 bits per heavy atom. The van der Waals surface area contributed by atoms with Gasteiger partial charge in [0.1, 0.15) is 0 Å². The molecule has 2 saturated heterocycles. The highest BCUT2D eigenvalue weighted by atomic mass is 16.7. The summed E-state index contributed by atoms with van der Waals surface area (Å²) in [7, 11) is 0. The Morgan fingerprint density at radius 3 is 2.77 bits per heavy atom. The first-order chi connectivity index (χ1) is 12.6. The summed E-state index contributed by atoms with van der Waals surface area (Å²) in [5.41, 5.74) is 0.735. The molecule has 1 N–H and O–H groups in total. The highest BCUT2D eigenvalue weighted by Gasteiger charge is 2.32. The van der Waals surface area contributed by atoms with E-state index in [2.05, 4.69) is 24.1 Å². The van der Waals surface area contributed by atoms with Crippen LogP contribution in [0.15, 0.2) is 18.2 Å². The average Bonchev–Trinajstić information content (AvgIpc) is 3.22. The van der Waals surface area contributed by atoms with Crippen LogP contribution >= 0.6 is 0 Å². The van der Waals surface area contributed by atoms with Crippen LogP contribution in [-0.2, 0) is 4.74 Å². The van der Waals surface area contributed by atoms with Gasteiger partial charge in [0.2, 0.25) is 6.79 Å². The number of nitrogens with zero attached hydrogens (tertiary/aromatic N) is 2. The third kappa shape index (κ3) is 3.73. The van der Waals surface area contributed by atoms with Crippen LogP contribution in [0.5, 0.6) is 11.5 Å². The minimum absolute atomic E-state index is 0.0410. The number of amides is 2. The van der Waals surface area contributed by atoms with Gasteiger partial charge in [-0.2, -0.15) is 0 Å². The zero-order valence-corrected chi connectivity index (χ0v) is 15.4. The van der Waals surface area contributed by atoms with E-state index in [1.807, 2.05) is 23.1 Å². The summed E-state index contributed by atoms with van der Waals surface area (Å²) >= 11 is 0. The Hall–Kier alpha value is -1.99. The fourth-order valence-corrected chi connectivity index (χ4v) is 4.19. The molecule has 2 fully saturated rings. The molecule has 4 rings (SSSR count). The number of ether oxygens (including phenoxy) is 3. The van der Waals surface area contributed by atoms with Gasteiger partial charge in [-0.3, -0.25) is 4.90 Å². The van der Waals surface area contributed by atoms with Crippen molar-refractivity contribution in [2.75, 3.05) is 38.3 Å². The maximum Gasteiger partial charge on any atom is 0.322 e. The number of nitrogens with one attached hydrogen (secondary N) is 1. The summed E-state index contributed by atoms with van der Waals surface area (Å²) in [5, 5.41) is 3.01. The summed E-state index contributed by atoms with van der Waals surface area (Å²) in [5.74, 6) is 1.40. The predicted octanol–water partition coefficient (Wildman–Crippen LogP) is 2.52. The molecular weight excluding hydrogens is 334 g/mol. The molecule has 2 amide bonds. The number of benzene rings is 1. The molecule has 3 heterocycles. The van der Waals surface area contributed by atoms with Gasteiger partial charge >= 0.3 is 6.03 Å². The van der Waals surface area contributed by atoms with Crippen molar-refractivity contribution in [2.24, 2.45) is 0 Å². The number of fused-ring (bicyclic) bond motifs is 1. The summed E-state index contributed by atoms with van der Waals surface area (Å²) in [6.45, 7) is 8.03. The third-order valence-corrected chi connectivity index (χ3v) is 5.23. The number of carbonyl (C=O) groups excluding carboxylic acids is 1. The molecule has 1 aromatic carbocycles. The summed E-state index contributed by atoms with van der Waals surface area (Å²) in [6.07, 6.45) is 2.59. The Kier molecular flexibility index (Phi) is 4.91. The zero-order valence-electron chi connectivity index (χ0n) is 15.4. The molecule has 3 atom stereocenters. The Morgan fingerprint density at radius 1 is 1.19 bits per heavy atom. The molecule has 0 bridgehead atoms. The van der Waals surface area contributed by atoms with Gasteiger partial charge in [-0.15, -0.1) is 0 Å². The number of carbonyl (C=O) groups is 1. The molecule has 3 aliphatic heterocycles. The quantitative estimate of drug-likeness (QED) is 0.896. The van der Waals surface area contributed by atoms with E-state index in [-0.39, 0.29) is 31.1 Å². The van der Waals surface area contributed by atoms with E-state index < -0.39 is 0 Å². The molecule has 142 valence electrons. The summed E-state index contributed by atoms with van der Waals surface area (Å²) < 4.78 is 16.5. The second kappa shape index (κ2) is 7.32. The molecule has 7 heteroatoms. The number of hydrogen-bond acceptors (Lipinski definition) is 5. The molecule has 0 spiro atoms. The Balaban J connectivity index is 1.37. The van der Waals surface area contributed by atoms with E-state index in [4.69, 9.17) is 14.2 Å². The van der Waals surface area contributed by atoms with E-state index in [0.29, 0.717) is 5.75 Å². The van der Waals surface area contributed by atoms with Gasteiger partial charge in [-0.25, -0.2) is 4.79 Å². The lowest BCUT2D eigenvalue weighted by Gasteiger charge is -2.38. The first kappa shape index (κ1) is 17.4. The fraction of sp³-hybridized carbons (Fsp3) is 0.632. The number of urea groups is 1. The van der Waals surface area contributed by atoms with Crippen LogP contribution in [-0.4, -0.2) is 67.1 Å². The number of rotatable bonds is 3. The van der Waals surface area contributed by atoms with Crippen molar-refractivity contribution in [3.8, 4) is 11.5 Å². The molecule has 7 nitrogen and oxygen atoms in total. The van der Waals surface area contributed by atoms with E-state index in [1.165, 1.54) is 0 Å². The van der Waals surface area contributed by atoms with Crippen LogP contribution in [0.25, 0.3) is 0 Å². The van der Waals surface area contributed by atoms with Crippen molar-refractivity contribution in [2.45, 2.75) is 44.9 Å². The molecule has 1 aromatic rings. The second-order valence-corrected chi connectivity index (χ2v) is 7.46. The van der Waals surface area contributed by atoms with Gasteiger partial charge in [0.15, 0.2) is 11.5 Å². The molecule has 26 heavy (non-hydrogen) atoms. The number of anilines is 1. The monoisotopic (exact) mass is 361 g/mol. The highest BCUT2D eigenvalue weighted by molar-refractivity contribution is 5.90. The van der Waals surface area contributed by atoms with Gasteiger partial charge < -0.3 is 24.4 Å². The van der Waals surface area contributed by atoms with E-state index in [9.17, 15) is 4.79 Å². The normalized spacial score (nSPS) is 28.4. The summed E-state index contributed by atoms with van der Waals surface area (Å²) in [6, 6.07) is 5.70. The SMILES string of the molecule is C[C@@H]1CN(C[C@H]2CCCN2C(=O)Nc2ccc3c(c2)OCO3)C[C@@H](C)O1. The van der Waals surface area contributed by atoms with Crippen LogP contribution < -0.4 is 14.8 Å². The molecule has 0 radical (unpaired) electrons. The second-order valence-electron chi connectivity index (χ2n) is 7.46. The highest BCUT2D eigenvalue weighted by Crippen LogP contribution is 2.34. The smallest absolute Gasteiger partial charge is 0.322 e. The van der Waals surface area contributed by atoms with Crippen molar-refractivity contribution in [3.63, 3.8) is 0 Å². The van der Waals surface area contributed by atoms with Crippen LogP contribution in [0.1, 0.15) is 26.7 Å². The zero-order chi connectivity index (χ0) is 18.1. The van der Waals surface area contributed by atoms with Gasteiger partial charge in [-0.1, -0.05) is 0 Å². The minimum atomic E-state index is -0.0410. The van der Waals surface area contributed by atoms with E-state index in [0.717, 1.165) is 50.5 Å². The lowest BCUT2D eigenvalue weighted by atomic mass is 10.1. The maximum absolute atomic E-state index is 12.8. The van der Waals surface area contributed by atoms with Gasteiger partial charge in [0.05, 0.1) is 12.2 Å². The molecule has 0 saturated carbocycles. The summed E-state index contributed by atoms with van der Waals surface area (Å²) in [4.78, 5) is 17.2. The standard InChI is InChI=1S/C19H27N3O4/c1-13-9-21(10-14(2)26-13)11-16-4-3-7-22(16)19(23)20-15-5-6-17-18(8-15)25-12-24-17/h5-6,8,13-14,16H,3-4,7,9-12H2,1-2H3,(H,20,23)/t13-,14-,16-/m1/s1. The number of hydrogen-bond donors (Lipinski definition) is 1. The molecular formula is C19H27N3O4. The molecule has 0 aliphatic carbocycles. The van der Waals surface area contributed by atoms with Crippen molar-refractivity contribution >= 4 is 11.7 Å². The first-order valence-electron chi connectivity index (χ1n) is 9.43. The van der Waals surface area contributed by atoms with Crippen LogP contribution in [0, 0.1) is 0 Å². The lowest BCUT2D eigenvalue weighted by Crippen LogP contribution is -2.51. The van der Waals surface area contributed by atoms with Crippen molar-refractivity contribution in [3.05, 3.63) is 18.2 Å². The largest absolute Gasteiger partial charge is 0.454 e. The maximum atomic E-state index is 12.8. The number of likely N-dealkylation sites (tertiary alicyclic amines) is 1. The predicted molar refractivity (Wildman–Crippen MR) is 97.8 cm³/mol. The average molecular weight is 361 g/mol. The van der Waals surface area contributed by atoms with Crippen molar-refractivity contribution in [1.82, 2.24) is 9.80 Å². The molecule has 3 aliphatic rings. The van der Waals surface area contributed by atoms with Crippen LogP contribution in [0.2, 0.25) is 0 Å². The number of morpholine rings is 1. The van der Waals surface area contributed by atoms with Gasteiger partial charge in [0, 0.05) is 44.0 Å². The topological polar surface area (TPSA) is 63.3 Å².